The summed E-state index contributed by atoms with van der Waals surface area (Å²) in [6.45, 7) is 6.31. The summed E-state index contributed by atoms with van der Waals surface area (Å²) in [4.78, 5) is 18.8. The van der Waals surface area contributed by atoms with Crippen LogP contribution >= 0.6 is 0 Å². The van der Waals surface area contributed by atoms with Crippen molar-refractivity contribution in [1.82, 2.24) is 20.2 Å². The van der Waals surface area contributed by atoms with Gasteiger partial charge in [-0.2, -0.15) is 4.98 Å². The Morgan fingerprint density at radius 1 is 1.46 bits per heavy atom. The van der Waals surface area contributed by atoms with Crippen molar-refractivity contribution in [3.05, 3.63) is 29.2 Å². The first-order chi connectivity index (χ1) is 11.5. The highest BCUT2D eigenvalue weighted by Crippen LogP contribution is 2.34. The second-order valence-corrected chi connectivity index (χ2v) is 6.17. The van der Waals surface area contributed by atoms with E-state index < -0.39 is 0 Å². The Morgan fingerprint density at radius 3 is 2.88 bits per heavy atom. The molecule has 0 N–H and O–H groups in total. The third kappa shape index (κ3) is 3.06. The van der Waals surface area contributed by atoms with Crippen LogP contribution in [0.1, 0.15) is 66.6 Å². The van der Waals surface area contributed by atoms with Gasteiger partial charge in [-0.1, -0.05) is 24.2 Å². The van der Waals surface area contributed by atoms with Crippen LogP contribution in [0.5, 0.6) is 0 Å². The van der Waals surface area contributed by atoms with Crippen molar-refractivity contribution in [2.24, 2.45) is 0 Å². The molecule has 2 aromatic rings. The molecule has 8 heteroatoms. The van der Waals surface area contributed by atoms with Gasteiger partial charge in [0.25, 0.3) is 5.91 Å². The van der Waals surface area contributed by atoms with E-state index in [0.717, 1.165) is 12.1 Å². The van der Waals surface area contributed by atoms with E-state index in [9.17, 15) is 4.79 Å². The fraction of sp³-hybridized carbons (Fsp3) is 0.625. The Labute approximate surface area is 140 Å². The maximum atomic E-state index is 12.9. The van der Waals surface area contributed by atoms with Crippen LogP contribution in [0.4, 0.5) is 0 Å². The first-order valence-corrected chi connectivity index (χ1v) is 8.14. The van der Waals surface area contributed by atoms with E-state index in [2.05, 4.69) is 22.2 Å². The molecule has 8 nitrogen and oxygen atoms in total. The first kappa shape index (κ1) is 16.6. The molecule has 1 saturated heterocycles. The number of aromatic nitrogens is 3. The number of likely N-dealkylation sites (tertiary alicyclic amines) is 1. The van der Waals surface area contributed by atoms with E-state index in [0.29, 0.717) is 24.7 Å². The molecule has 1 aliphatic heterocycles. The van der Waals surface area contributed by atoms with Crippen LogP contribution in [0.2, 0.25) is 0 Å². The zero-order valence-corrected chi connectivity index (χ0v) is 14.4. The summed E-state index contributed by atoms with van der Waals surface area (Å²) in [5.74, 6) is 1.19. The summed E-state index contributed by atoms with van der Waals surface area (Å²) >= 11 is 0. The molecule has 1 fully saturated rings. The fourth-order valence-electron chi connectivity index (χ4n) is 2.85. The van der Waals surface area contributed by atoms with Crippen molar-refractivity contribution in [3.63, 3.8) is 0 Å². The van der Waals surface area contributed by atoms with Crippen LogP contribution in [-0.4, -0.2) is 45.9 Å². The smallest absolute Gasteiger partial charge is 0.293 e. The summed E-state index contributed by atoms with van der Waals surface area (Å²) in [6, 6.07) is 1.40. The quantitative estimate of drug-likeness (QED) is 0.829. The molecule has 3 heterocycles. The van der Waals surface area contributed by atoms with E-state index in [1.54, 1.807) is 25.0 Å². The summed E-state index contributed by atoms with van der Waals surface area (Å²) < 4.78 is 15.9. The Morgan fingerprint density at radius 2 is 2.25 bits per heavy atom. The van der Waals surface area contributed by atoms with Crippen LogP contribution in [-0.2, 0) is 4.74 Å². The molecule has 0 spiro atoms. The Kier molecular flexibility index (Phi) is 4.66. The highest BCUT2D eigenvalue weighted by Gasteiger charge is 2.41. The lowest BCUT2D eigenvalue weighted by Gasteiger charge is -2.19. The van der Waals surface area contributed by atoms with Gasteiger partial charge in [0.2, 0.25) is 11.7 Å². The minimum atomic E-state index is -0.319. The van der Waals surface area contributed by atoms with E-state index >= 15 is 0 Å². The molecule has 24 heavy (non-hydrogen) atoms. The monoisotopic (exact) mass is 334 g/mol. The van der Waals surface area contributed by atoms with Gasteiger partial charge < -0.3 is 18.7 Å². The number of carbonyl (C=O) groups is 1. The van der Waals surface area contributed by atoms with Gasteiger partial charge >= 0.3 is 0 Å². The Balaban J connectivity index is 1.84. The van der Waals surface area contributed by atoms with E-state index in [1.165, 1.54) is 0 Å². The molecule has 0 radical (unpaired) electrons. The third-order valence-corrected chi connectivity index (χ3v) is 4.54. The van der Waals surface area contributed by atoms with Crippen LogP contribution in [0.3, 0.4) is 0 Å². The minimum absolute atomic E-state index is 0.0805. The van der Waals surface area contributed by atoms with E-state index in [4.69, 9.17) is 13.8 Å². The van der Waals surface area contributed by atoms with Gasteiger partial charge in [0, 0.05) is 32.1 Å². The summed E-state index contributed by atoms with van der Waals surface area (Å²) in [7, 11) is 1.63. The number of ether oxygens (including phenoxy) is 1. The number of hydrogen-bond donors (Lipinski definition) is 0. The number of rotatable bonds is 5. The number of amides is 1. The maximum absolute atomic E-state index is 12.9. The molecule has 1 aliphatic rings. The number of carbonyl (C=O) groups excluding carboxylic acids is 1. The highest BCUT2D eigenvalue weighted by atomic mass is 16.5. The van der Waals surface area contributed by atoms with E-state index in [1.807, 2.05) is 6.92 Å². The normalized spacial score (nSPS) is 22.1. The van der Waals surface area contributed by atoms with Crippen molar-refractivity contribution in [2.45, 2.75) is 51.7 Å². The van der Waals surface area contributed by atoms with Crippen LogP contribution < -0.4 is 0 Å². The topological polar surface area (TPSA) is 94.5 Å². The maximum Gasteiger partial charge on any atom is 0.293 e. The SMILES string of the molecule is CCC(C)c1cc(C(=O)N2C[C@@H](OC)C[C@@H]2c2nc(C)no2)on1. The molecule has 0 aliphatic carbocycles. The van der Waals surface area contributed by atoms with E-state index in [-0.39, 0.29) is 29.7 Å². The lowest BCUT2D eigenvalue weighted by atomic mass is 10.1. The third-order valence-electron chi connectivity index (χ3n) is 4.54. The molecule has 0 bridgehead atoms. The number of aryl methyl sites for hydroxylation is 1. The lowest BCUT2D eigenvalue weighted by Crippen LogP contribution is -2.32. The van der Waals surface area contributed by atoms with Crippen LogP contribution in [0.15, 0.2) is 15.1 Å². The molecule has 0 aromatic carbocycles. The highest BCUT2D eigenvalue weighted by molar-refractivity contribution is 5.92. The van der Waals surface area contributed by atoms with Gasteiger partial charge in [-0.15, -0.1) is 0 Å². The Bertz CT molecular complexity index is 711. The first-order valence-electron chi connectivity index (χ1n) is 8.14. The average molecular weight is 334 g/mol. The second-order valence-electron chi connectivity index (χ2n) is 6.17. The van der Waals surface area contributed by atoms with Gasteiger partial charge in [-0.3, -0.25) is 4.79 Å². The summed E-state index contributed by atoms with van der Waals surface area (Å²) in [5, 5.41) is 7.83. The van der Waals surface area contributed by atoms with Gasteiger partial charge in [0.1, 0.15) is 6.04 Å². The number of nitrogens with zero attached hydrogens (tertiary/aromatic N) is 4. The van der Waals surface area contributed by atoms with Crippen molar-refractivity contribution >= 4 is 5.91 Å². The Hall–Kier alpha value is -2.22. The van der Waals surface area contributed by atoms with Crippen molar-refractivity contribution in [2.75, 3.05) is 13.7 Å². The molecule has 3 rings (SSSR count). The molecule has 2 aromatic heterocycles. The molecule has 130 valence electrons. The van der Waals surface area contributed by atoms with Gasteiger partial charge in [0.05, 0.1) is 11.8 Å². The average Bonchev–Trinajstić information content (AvgIpc) is 3.31. The van der Waals surface area contributed by atoms with Gasteiger partial charge in [-0.25, -0.2) is 0 Å². The standard InChI is InChI=1S/C16H22N4O4/c1-5-9(2)12-7-14(23-19-12)16(21)20-8-11(22-4)6-13(20)15-17-10(3)18-24-15/h7,9,11,13H,5-6,8H2,1-4H3/t9?,11-,13+/m0/s1. The molecular weight excluding hydrogens is 312 g/mol. The zero-order valence-electron chi connectivity index (χ0n) is 14.4. The van der Waals surface area contributed by atoms with Crippen molar-refractivity contribution in [1.29, 1.82) is 0 Å². The number of hydrogen-bond acceptors (Lipinski definition) is 7. The predicted molar refractivity (Wildman–Crippen MR) is 83.4 cm³/mol. The minimum Gasteiger partial charge on any atom is -0.380 e. The lowest BCUT2D eigenvalue weighted by molar-refractivity contribution is 0.0631. The summed E-state index contributed by atoms with van der Waals surface area (Å²) in [5.41, 5.74) is 0.786. The number of methoxy groups -OCH3 is 1. The molecule has 1 unspecified atom stereocenters. The van der Waals surface area contributed by atoms with Gasteiger partial charge in [-0.05, 0) is 13.3 Å². The van der Waals surface area contributed by atoms with Crippen LogP contribution in [0.25, 0.3) is 0 Å². The molecule has 1 amide bonds. The molecular formula is C16H22N4O4. The van der Waals surface area contributed by atoms with Crippen molar-refractivity contribution in [3.8, 4) is 0 Å². The zero-order chi connectivity index (χ0) is 17.3. The second kappa shape index (κ2) is 6.72. The largest absolute Gasteiger partial charge is 0.380 e. The fourth-order valence-corrected chi connectivity index (χ4v) is 2.85. The van der Waals surface area contributed by atoms with Gasteiger partial charge in [0.15, 0.2) is 5.82 Å². The molecule has 0 saturated carbocycles. The van der Waals surface area contributed by atoms with Crippen LogP contribution in [0, 0.1) is 6.92 Å². The predicted octanol–water partition coefficient (Wildman–Crippen LogP) is 2.48. The van der Waals surface area contributed by atoms with Crippen molar-refractivity contribution < 1.29 is 18.6 Å². The summed E-state index contributed by atoms with van der Waals surface area (Å²) in [6.07, 6.45) is 1.46. The molecule has 3 atom stereocenters.